The molecule has 1 heterocycles. The van der Waals surface area contributed by atoms with Crippen molar-refractivity contribution in [3.05, 3.63) is 33.9 Å². The SMILES string of the molecule is Nc1cc(C(=O)O)nc2cc(Cl)cc(Cl)c12. The van der Waals surface area contributed by atoms with Crippen molar-refractivity contribution in [1.82, 2.24) is 4.98 Å². The minimum atomic E-state index is -1.15. The van der Waals surface area contributed by atoms with Gasteiger partial charge in [-0.05, 0) is 18.2 Å². The van der Waals surface area contributed by atoms with Gasteiger partial charge in [0.1, 0.15) is 0 Å². The number of carbonyl (C=O) groups is 1. The summed E-state index contributed by atoms with van der Waals surface area (Å²) >= 11 is 11.7. The van der Waals surface area contributed by atoms with Gasteiger partial charge in [0.15, 0.2) is 5.69 Å². The summed E-state index contributed by atoms with van der Waals surface area (Å²) in [6.07, 6.45) is 0. The normalized spacial score (nSPS) is 10.6. The first-order valence-electron chi connectivity index (χ1n) is 4.27. The Bertz CT molecular complexity index is 599. The lowest BCUT2D eigenvalue weighted by Gasteiger charge is -2.06. The molecule has 82 valence electrons. The minimum Gasteiger partial charge on any atom is -0.477 e. The van der Waals surface area contributed by atoms with E-state index < -0.39 is 5.97 Å². The van der Waals surface area contributed by atoms with E-state index in [0.717, 1.165) is 0 Å². The van der Waals surface area contributed by atoms with Crippen molar-refractivity contribution in [1.29, 1.82) is 0 Å². The number of anilines is 1. The van der Waals surface area contributed by atoms with Crippen LogP contribution in [0.25, 0.3) is 10.9 Å². The third-order valence-electron chi connectivity index (χ3n) is 2.08. The number of hydrogen-bond donors (Lipinski definition) is 2. The molecule has 0 unspecified atom stereocenters. The van der Waals surface area contributed by atoms with Gasteiger partial charge in [-0.3, -0.25) is 0 Å². The van der Waals surface area contributed by atoms with Crippen LogP contribution in [0.1, 0.15) is 10.5 Å². The number of pyridine rings is 1. The quantitative estimate of drug-likeness (QED) is 0.823. The zero-order chi connectivity index (χ0) is 11.9. The largest absolute Gasteiger partial charge is 0.477 e. The number of aromatic carboxylic acids is 1. The second-order valence-electron chi connectivity index (χ2n) is 3.18. The van der Waals surface area contributed by atoms with Crippen LogP contribution < -0.4 is 5.73 Å². The summed E-state index contributed by atoms with van der Waals surface area (Å²) in [5.41, 5.74) is 6.22. The zero-order valence-electron chi connectivity index (χ0n) is 7.87. The van der Waals surface area contributed by atoms with Crippen LogP contribution in [0.5, 0.6) is 0 Å². The number of carboxylic acids is 1. The van der Waals surface area contributed by atoms with Crippen LogP contribution in [0, 0.1) is 0 Å². The van der Waals surface area contributed by atoms with Crippen molar-refractivity contribution in [3.8, 4) is 0 Å². The van der Waals surface area contributed by atoms with E-state index in [1.807, 2.05) is 0 Å². The number of nitrogens with two attached hydrogens (primary N) is 1. The number of nitrogen functional groups attached to an aromatic ring is 1. The third-order valence-corrected chi connectivity index (χ3v) is 2.59. The second-order valence-corrected chi connectivity index (χ2v) is 4.03. The van der Waals surface area contributed by atoms with Crippen LogP contribution >= 0.6 is 23.2 Å². The fraction of sp³-hybridized carbons (Fsp3) is 0. The van der Waals surface area contributed by atoms with Crippen molar-refractivity contribution in [3.63, 3.8) is 0 Å². The van der Waals surface area contributed by atoms with Gasteiger partial charge in [-0.25, -0.2) is 9.78 Å². The Hall–Kier alpha value is -1.52. The molecule has 2 rings (SSSR count). The molecule has 0 amide bonds. The summed E-state index contributed by atoms with van der Waals surface area (Å²) in [5.74, 6) is -1.15. The predicted octanol–water partition coefficient (Wildman–Crippen LogP) is 2.82. The summed E-state index contributed by atoms with van der Waals surface area (Å²) in [4.78, 5) is 14.7. The van der Waals surface area contributed by atoms with E-state index in [2.05, 4.69) is 4.98 Å². The number of fused-ring (bicyclic) bond motifs is 1. The molecule has 16 heavy (non-hydrogen) atoms. The first-order valence-corrected chi connectivity index (χ1v) is 5.03. The monoisotopic (exact) mass is 256 g/mol. The van der Waals surface area contributed by atoms with Gasteiger partial charge in [-0.1, -0.05) is 23.2 Å². The number of aromatic nitrogens is 1. The molecule has 0 bridgehead atoms. The Morgan fingerprint density at radius 3 is 2.62 bits per heavy atom. The van der Waals surface area contributed by atoms with Crippen LogP contribution in [-0.4, -0.2) is 16.1 Å². The third kappa shape index (κ3) is 1.77. The van der Waals surface area contributed by atoms with Crippen LogP contribution in [0.15, 0.2) is 18.2 Å². The van der Waals surface area contributed by atoms with Gasteiger partial charge in [0.05, 0.1) is 10.5 Å². The van der Waals surface area contributed by atoms with Gasteiger partial charge in [0.25, 0.3) is 0 Å². The fourth-order valence-electron chi connectivity index (χ4n) is 1.43. The molecule has 0 saturated heterocycles. The van der Waals surface area contributed by atoms with E-state index in [0.29, 0.717) is 20.9 Å². The maximum absolute atomic E-state index is 10.8. The highest BCUT2D eigenvalue weighted by Crippen LogP contribution is 2.31. The Morgan fingerprint density at radius 2 is 2.00 bits per heavy atom. The maximum Gasteiger partial charge on any atom is 0.354 e. The molecule has 0 aliphatic carbocycles. The van der Waals surface area contributed by atoms with Crippen LogP contribution in [0.2, 0.25) is 10.0 Å². The molecule has 0 atom stereocenters. The zero-order valence-corrected chi connectivity index (χ0v) is 9.38. The molecule has 1 aromatic carbocycles. The summed E-state index contributed by atoms with van der Waals surface area (Å²) in [6.45, 7) is 0. The van der Waals surface area contributed by atoms with Crippen LogP contribution in [0.3, 0.4) is 0 Å². The maximum atomic E-state index is 10.8. The Balaban J connectivity index is 2.87. The number of nitrogens with zero attached hydrogens (tertiary/aromatic N) is 1. The first-order chi connectivity index (χ1) is 7.49. The molecule has 2 aromatic rings. The van der Waals surface area contributed by atoms with E-state index in [4.69, 9.17) is 34.0 Å². The smallest absolute Gasteiger partial charge is 0.354 e. The highest BCUT2D eigenvalue weighted by Gasteiger charge is 2.12. The molecule has 0 aliphatic rings. The number of halogens is 2. The number of benzene rings is 1. The lowest BCUT2D eigenvalue weighted by Crippen LogP contribution is -2.02. The molecule has 0 saturated carbocycles. The molecular formula is C10H6Cl2N2O2. The summed E-state index contributed by atoms with van der Waals surface area (Å²) in [5, 5.41) is 10.1. The molecule has 0 fully saturated rings. The predicted molar refractivity (Wildman–Crippen MR) is 63.1 cm³/mol. The van der Waals surface area contributed by atoms with Gasteiger partial charge in [-0.2, -0.15) is 0 Å². The van der Waals surface area contributed by atoms with E-state index in [-0.39, 0.29) is 11.4 Å². The van der Waals surface area contributed by atoms with Gasteiger partial charge in [0, 0.05) is 16.1 Å². The molecule has 0 spiro atoms. The number of rotatable bonds is 1. The van der Waals surface area contributed by atoms with Crippen molar-refractivity contribution in [2.45, 2.75) is 0 Å². The Morgan fingerprint density at radius 1 is 1.31 bits per heavy atom. The first kappa shape index (κ1) is 11.0. The Labute approximate surface area is 101 Å². The van der Waals surface area contributed by atoms with Gasteiger partial charge < -0.3 is 10.8 Å². The van der Waals surface area contributed by atoms with Crippen LogP contribution in [0.4, 0.5) is 5.69 Å². The fourth-order valence-corrected chi connectivity index (χ4v) is 2.02. The molecule has 4 nitrogen and oxygen atoms in total. The number of hydrogen-bond acceptors (Lipinski definition) is 3. The topological polar surface area (TPSA) is 76.2 Å². The van der Waals surface area contributed by atoms with E-state index in [1.54, 1.807) is 0 Å². The van der Waals surface area contributed by atoms with E-state index in [9.17, 15) is 4.79 Å². The second kappa shape index (κ2) is 3.81. The molecular weight excluding hydrogens is 251 g/mol. The van der Waals surface area contributed by atoms with E-state index in [1.165, 1.54) is 18.2 Å². The lowest BCUT2D eigenvalue weighted by molar-refractivity contribution is 0.0691. The van der Waals surface area contributed by atoms with Crippen molar-refractivity contribution in [2.75, 3.05) is 5.73 Å². The lowest BCUT2D eigenvalue weighted by atomic mass is 10.1. The summed E-state index contributed by atoms with van der Waals surface area (Å²) in [7, 11) is 0. The minimum absolute atomic E-state index is 0.136. The standard InChI is InChI=1S/C10H6Cl2N2O2/c11-4-1-5(12)9-6(13)3-8(10(15)16)14-7(9)2-4/h1-3H,(H2,13,14)(H,15,16). The number of carboxylic acid groups (broad SMARTS) is 1. The average Bonchev–Trinajstić information content (AvgIpc) is 2.15. The van der Waals surface area contributed by atoms with Gasteiger partial charge in [0.2, 0.25) is 0 Å². The molecule has 0 radical (unpaired) electrons. The molecule has 0 aliphatic heterocycles. The molecule has 6 heteroatoms. The van der Waals surface area contributed by atoms with Crippen LogP contribution in [-0.2, 0) is 0 Å². The van der Waals surface area contributed by atoms with Crippen molar-refractivity contribution in [2.24, 2.45) is 0 Å². The molecule has 1 aromatic heterocycles. The van der Waals surface area contributed by atoms with Crippen molar-refractivity contribution < 1.29 is 9.90 Å². The highest BCUT2D eigenvalue weighted by atomic mass is 35.5. The summed E-state index contributed by atoms with van der Waals surface area (Å²) < 4.78 is 0. The van der Waals surface area contributed by atoms with E-state index >= 15 is 0 Å². The highest BCUT2D eigenvalue weighted by molar-refractivity contribution is 6.39. The van der Waals surface area contributed by atoms with Gasteiger partial charge in [-0.15, -0.1) is 0 Å². The van der Waals surface area contributed by atoms with Gasteiger partial charge >= 0.3 is 5.97 Å². The summed E-state index contributed by atoms with van der Waals surface area (Å²) in [6, 6.07) is 4.32. The average molecular weight is 257 g/mol. The van der Waals surface area contributed by atoms with Crippen molar-refractivity contribution >= 4 is 45.8 Å². The Kier molecular flexibility index (Phi) is 2.61. The molecule has 3 N–H and O–H groups in total.